The first-order valence-electron chi connectivity index (χ1n) is 21.8. The van der Waals surface area contributed by atoms with E-state index in [1.165, 1.54) is 0 Å². The molecule has 0 radical (unpaired) electrons. The minimum Gasteiger partial charge on any atom is -0.461 e. The van der Waals surface area contributed by atoms with Gasteiger partial charge in [0.15, 0.2) is 0 Å². The van der Waals surface area contributed by atoms with E-state index >= 15 is 0 Å². The zero-order valence-electron chi connectivity index (χ0n) is 37.9. The average Bonchev–Trinajstić information content (AvgIpc) is 3.13. The lowest BCUT2D eigenvalue weighted by molar-refractivity contribution is -0.230. The number of carbonyl (C=O) groups is 5. The van der Waals surface area contributed by atoms with E-state index in [9.17, 15) is 24.0 Å². The minimum atomic E-state index is -0.813. The lowest BCUT2D eigenvalue weighted by Gasteiger charge is -2.42. The fourth-order valence-corrected chi connectivity index (χ4v) is 6.31. The predicted octanol–water partition coefficient (Wildman–Crippen LogP) is 7.50. The highest BCUT2D eigenvalue weighted by atomic mass is 16.6. The van der Waals surface area contributed by atoms with Crippen LogP contribution in [0.2, 0.25) is 0 Å². The Balaban J connectivity index is 1.90. The van der Waals surface area contributed by atoms with Gasteiger partial charge in [0.05, 0.1) is 45.7 Å². The van der Waals surface area contributed by atoms with E-state index in [2.05, 4.69) is 5.32 Å². The van der Waals surface area contributed by atoms with E-state index in [-0.39, 0.29) is 64.1 Å². The van der Waals surface area contributed by atoms with Crippen LogP contribution in [0.5, 0.6) is 0 Å². The third-order valence-electron chi connectivity index (χ3n) is 8.94. The van der Waals surface area contributed by atoms with Gasteiger partial charge in [-0.2, -0.15) is 0 Å². The second-order valence-electron chi connectivity index (χ2n) is 18.2. The van der Waals surface area contributed by atoms with Crippen molar-refractivity contribution >= 4 is 29.8 Å². The van der Waals surface area contributed by atoms with Crippen molar-refractivity contribution in [2.24, 2.45) is 0 Å². The summed E-state index contributed by atoms with van der Waals surface area (Å²) in [4.78, 5) is 62.5. The Morgan fingerprint density at radius 2 is 1.02 bits per heavy atom. The summed E-state index contributed by atoms with van der Waals surface area (Å²) in [6.07, 6.45) is 5.41. The molecule has 1 aliphatic heterocycles. The molecule has 14 heteroatoms. The summed E-state index contributed by atoms with van der Waals surface area (Å²) in [5, 5.41) is 2.98. The number of hydrogen-bond donors (Lipinski definition) is 1. The quantitative estimate of drug-likeness (QED) is 0.0525. The zero-order valence-corrected chi connectivity index (χ0v) is 37.9. The molecule has 1 aromatic carbocycles. The third kappa shape index (κ3) is 25.9. The number of unbranched alkanes of at least 4 members (excludes halogenated alkanes) is 7. The summed E-state index contributed by atoms with van der Waals surface area (Å²) in [6, 6.07) is 9.66. The molecule has 0 aromatic heterocycles. The highest BCUT2D eigenvalue weighted by Crippen LogP contribution is 2.25. The van der Waals surface area contributed by atoms with Crippen LogP contribution in [0.25, 0.3) is 0 Å². The lowest BCUT2D eigenvalue weighted by Crippen LogP contribution is -2.59. The van der Waals surface area contributed by atoms with Crippen molar-refractivity contribution in [3.8, 4) is 0 Å². The molecule has 14 nitrogen and oxygen atoms in total. The van der Waals surface area contributed by atoms with E-state index in [0.29, 0.717) is 19.4 Å². The fourth-order valence-electron chi connectivity index (χ4n) is 6.31. The largest absolute Gasteiger partial charge is 0.461 e. The maximum atomic E-state index is 13.0. The van der Waals surface area contributed by atoms with Crippen LogP contribution in [0.15, 0.2) is 30.3 Å². The number of hydrogen-bond acceptors (Lipinski definition) is 13. The molecule has 1 aromatic rings. The number of nitrogens with one attached hydrogen (secondary N) is 1. The highest BCUT2D eigenvalue weighted by molar-refractivity contribution is 5.75. The summed E-state index contributed by atoms with van der Waals surface area (Å²) in [6.45, 7) is 16.5. The summed E-state index contributed by atoms with van der Waals surface area (Å²) in [7, 11) is 0. The smallest absolute Gasteiger partial charge is 0.308 e. The average molecular weight is 850 g/mol. The molecule has 0 aliphatic carbocycles. The van der Waals surface area contributed by atoms with Gasteiger partial charge in [0.2, 0.25) is 5.91 Å². The number of esters is 4. The SMILES string of the molecule is CC(C)(C)OC(=O)CCO[C@H]1[C@H](OCCC(=O)OC(C)(C)C)[C@@H](CNC(=O)CCCCCCCCCCC(=O)OCc2ccccc2)OC[C@@H]1OCCC(=O)OC(C)(C)C. The van der Waals surface area contributed by atoms with E-state index in [1.807, 2.05) is 30.3 Å². The molecule has 60 heavy (non-hydrogen) atoms. The monoisotopic (exact) mass is 850 g/mol. The molecule has 1 amide bonds. The molecule has 0 saturated carbocycles. The second-order valence-corrected chi connectivity index (χ2v) is 18.2. The van der Waals surface area contributed by atoms with Crippen molar-refractivity contribution in [2.45, 2.75) is 194 Å². The molecule has 0 spiro atoms. The van der Waals surface area contributed by atoms with Crippen molar-refractivity contribution in [2.75, 3.05) is 33.0 Å². The first-order valence-corrected chi connectivity index (χ1v) is 21.8. The van der Waals surface area contributed by atoms with Crippen LogP contribution in [-0.2, 0) is 68.5 Å². The van der Waals surface area contributed by atoms with Gasteiger partial charge in [0.25, 0.3) is 0 Å². The molecule has 1 saturated heterocycles. The van der Waals surface area contributed by atoms with Gasteiger partial charge in [0, 0.05) is 19.4 Å². The van der Waals surface area contributed by atoms with Gasteiger partial charge < -0.3 is 43.2 Å². The maximum Gasteiger partial charge on any atom is 0.308 e. The summed E-state index contributed by atoms with van der Waals surface area (Å²) < 4.78 is 46.6. The van der Waals surface area contributed by atoms with E-state index in [1.54, 1.807) is 62.3 Å². The molecule has 1 N–H and O–H groups in total. The molecular formula is C46H75NO13. The van der Waals surface area contributed by atoms with Crippen LogP contribution >= 0.6 is 0 Å². The van der Waals surface area contributed by atoms with Gasteiger partial charge in [-0.25, -0.2) is 0 Å². The molecular weight excluding hydrogens is 774 g/mol. The van der Waals surface area contributed by atoms with Crippen molar-refractivity contribution in [3.05, 3.63) is 35.9 Å². The Hall–Kier alpha value is -3.59. The van der Waals surface area contributed by atoms with Gasteiger partial charge in [-0.1, -0.05) is 68.9 Å². The predicted molar refractivity (Wildman–Crippen MR) is 226 cm³/mol. The Morgan fingerprint density at radius 3 is 1.52 bits per heavy atom. The van der Waals surface area contributed by atoms with E-state index in [4.69, 9.17) is 37.9 Å². The van der Waals surface area contributed by atoms with Crippen molar-refractivity contribution < 1.29 is 61.9 Å². The molecule has 342 valence electrons. The van der Waals surface area contributed by atoms with E-state index < -0.39 is 59.1 Å². The van der Waals surface area contributed by atoms with Crippen molar-refractivity contribution in [1.29, 1.82) is 0 Å². The first kappa shape index (κ1) is 52.5. The number of rotatable bonds is 27. The molecule has 1 aliphatic rings. The topological polar surface area (TPSA) is 171 Å². The van der Waals surface area contributed by atoms with Crippen molar-refractivity contribution in [3.63, 3.8) is 0 Å². The molecule has 2 rings (SSSR count). The zero-order chi connectivity index (χ0) is 44.6. The van der Waals surface area contributed by atoms with Crippen LogP contribution < -0.4 is 5.32 Å². The lowest BCUT2D eigenvalue weighted by atomic mass is 9.98. The van der Waals surface area contributed by atoms with Crippen LogP contribution in [-0.4, -0.2) is 104 Å². The molecule has 1 fully saturated rings. The highest BCUT2D eigenvalue weighted by Gasteiger charge is 2.43. The molecule has 0 unspecified atom stereocenters. The summed E-state index contributed by atoms with van der Waals surface area (Å²) >= 11 is 0. The summed E-state index contributed by atoms with van der Waals surface area (Å²) in [5.41, 5.74) is -0.993. The van der Waals surface area contributed by atoms with Gasteiger partial charge in [-0.3, -0.25) is 24.0 Å². The van der Waals surface area contributed by atoms with Crippen LogP contribution in [0.4, 0.5) is 0 Å². The third-order valence-corrected chi connectivity index (χ3v) is 8.94. The van der Waals surface area contributed by atoms with Gasteiger partial charge in [0.1, 0.15) is 47.8 Å². The maximum absolute atomic E-state index is 13.0. The number of benzene rings is 1. The van der Waals surface area contributed by atoms with Crippen LogP contribution in [0, 0.1) is 0 Å². The Morgan fingerprint density at radius 1 is 0.567 bits per heavy atom. The van der Waals surface area contributed by atoms with Gasteiger partial charge in [-0.05, 0) is 80.7 Å². The molecule has 4 atom stereocenters. The number of amides is 1. The first-order chi connectivity index (χ1) is 28.2. The minimum absolute atomic E-state index is 0.00400. The van der Waals surface area contributed by atoms with E-state index in [0.717, 1.165) is 56.9 Å². The fraction of sp³-hybridized carbons (Fsp3) is 0.761. The van der Waals surface area contributed by atoms with Gasteiger partial charge >= 0.3 is 23.9 Å². The van der Waals surface area contributed by atoms with Crippen LogP contribution in [0.1, 0.15) is 151 Å². The van der Waals surface area contributed by atoms with Crippen LogP contribution in [0.3, 0.4) is 0 Å². The Bertz CT molecular complexity index is 1410. The van der Waals surface area contributed by atoms with Crippen molar-refractivity contribution in [1.82, 2.24) is 5.32 Å². The number of ether oxygens (including phenoxy) is 8. The number of carbonyl (C=O) groups excluding carboxylic acids is 5. The normalized spacial score (nSPS) is 18.4. The summed E-state index contributed by atoms with van der Waals surface area (Å²) in [5.74, 6) is -1.57. The molecule has 1 heterocycles. The van der Waals surface area contributed by atoms with Gasteiger partial charge in [-0.15, -0.1) is 0 Å². The Labute approximate surface area is 358 Å². The standard InChI is InChI=1S/C46H75NO13/c1-44(2,3)58-39(50)25-28-53-36-33-56-35(42(54-29-26-40(51)59-45(4,5)6)43(36)55-30-27-41(52)60-46(7,8)9)31-47-37(48)23-19-14-12-10-11-13-15-20-24-38(49)57-32-34-21-17-16-18-22-34/h16-18,21-22,35-36,42-43H,10-15,19-20,23-33H2,1-9H3,(H,47,48)/t35-,36+,42-,43-/m1/s1. The second kappa shape index (κ2) is 27.4. The Kier molecular flexibility index (Phi) is 24.0. The molecule has 0 bridgehead atoms.